The lowest BCUT2D eigenvalue weighted by Crippen LogP contribution is -2.45. The van der Waals surface area contributed by atoms with Crippen LogP contribution in [-0.2, 0) is 4.79 Å². The molecule has 1 aromatic carbocycles. The van der Waals surface area contributed by atoms with Gasteiger partial charge in [-0.25, -0.2) is 9.80 Å². The van der Waals surface area contributed by atoms with Gasteiger partial charge in [0.15, 0.2) is 11.2 Å². The predicted octanol–water partition coefficient (Wildman–Crippen LogP) is 1.70. The van der Waals surface area contributed by atoms with Gasteiger partial charge < -0.3 is 10.4 Å². The second kappa shape index (κ2) is 4.99. The first kappa shape index (κ1) is 12.9. The quantitative estimate of drug-likeness (QED) is 0.735. The number of carboxylic acid groups (broad SMARTS) is 1. The summed E-state index contributed by atoms with van der Waals surface area (Å²) in [5.74, 6) is -0.940. The second-order valence-electron chi connectivity index (χ2n) is 4.01. The molecule has 1 saturated heterocycles. The van der Waals surface area contributed by atoms with E-state index in [4.69, 9.17) is 23.8 Å². The lowest BCUT2D eigenvalue weighted by Gasteiger charge is -2.24. The third kappa shape index (κ3) is 2.49. The van der Waals surface area contributed by atoms with Crippen LogP contribution in [0.2, 0.25) is 5.02 Å². The Morgan fingerprint density at radius 1 is 1.61 bits per heavy atom. The number of aliphatic carboxylic acids is 1. The lowest BCUT2D eigenvalue weighted by molar-refractivity contribution is -0.141. The Balaban J connectivity index is 2.21. The van der Waals surface area contributed by atoms with Gasteiger partial charge in [0, 0.05) is 5.02 Å². The van der Waals surface area contributed by atoms with Gasteiger partial charge in [0.25, 0.3) is 0 Å². The number of hydrogen-bond donors (Lipinski definition) is 3. The number of nitrogens with zero attached hydrogens (tertiary/aromatic N) is 1. The molecule has 7 heteroatoms. The average Bonchev–Trinajstić information content (AvgIpc) is 2.53. The van der Waals surface area contributed by atoms with Crippen LogP contribution >= 0.6 is 23.8 Å². The summed E-state index contributed by atoms with van der Waals surface area (Å²) in [5, 5.41) is 14.5. The summed E-state index contributed by atoms with van der Waals surface area (Å²) in [6.07, 6.45) is 0. The van der Waals surface area contributed by atoms with E-state index in [0.29, 0.717) is 15.8 Å². The van der Waals surface area contributed by atoms with E-state index >= 15 is 0 Å². The average molecular weight is 286 g/mol. The van der Waals surface area contributed by atoms with E-state index in [-0.39, 0.29) is 6.04 Å². The topological polar surface area (TPSA) is 64.6 Å². The minimum absolute atomic E-state index is 0.262. The van der Waals surface area contributed by atoms with Crippen LogP contribution in [0.3, 0.4) is 0 Å². The van der Waals surface area contributed by atoms with Crippen molar-refractivity contribution >= 4 is 40.6 Å². The second-order valence-corrected chi connectivity index (χ2v) is 4.84. The molecule has 2 unspecified atom stereocenters. The number of nitrogens with one attached hydrogen (secondary N) is 2. The molecule has 0 spiro atoms. The highest BCUT2D eigenvalue weighted by molar-refractivity contribution is 7.80. The molecule has 0 aliphatic carbocycles. The standard InChI is InChI=1S/C11H12ClN3O2S/c1-6-9(10(16)17)15(11(18)13-6)14-8-4-2-3-7(12)5-8/h2-6,9,14H,1H3,(H,13,18)(H,16,17). The Morgan fingerprint density at radius 2 is 2.33 bits per heavy atom. The minimum atomic E-state index is -0.940. The highest BCUT2D eigenvalue weighted by Gasteiger charge is 2.39. The monoisotopic (exact) mass is 285 g/mol. The summed E-state index contributed by atoms with van der Waals surface area (Å²) < 4.78 is 0. The maximum atomic E-state index is 11.2. The van der Waals surface area contributed by atoms with Gasteiger partial charge in [0.2, 0.25) is 0 Å². The summed E-state index contributed by atoms with van der Waals surface area (Å²) in [5.41, 5.74) is 3.64. The van der Waals surface area contributed by atoms with Crippen LogP contribution in [0, 0.1) is 0 Å². The van der Waals surface area contributed by atoms with Crippen molar-refractivity contribution in [3.05, 3.63) is 29.3 Å². The van der Waals surface area contributed by atoms with Crippen molar-refractivity contribution in [2.24, 2.45) is 0 Å². The molecule has 1 heterocycles. The first-order valence-corrected chi connectivity index (χ1v) is 6.12. The van der Waals surface area contributed by atoms with Gasteiger partial charge in [-0.15, -0.1) is 0 Å². The molecule has 0 bridgehead atoms. The molecule has 1 aliphatic rings. The molecular weight excluding hydrogens is 274 g/mol. The Labute approximate surface area is 115 Å². The van der Waals surface area contributed by atoms with Crippen LogP contribution in [0.4, 0.5) is 5.69 Å². The van der Waals surface area contributed by atoms with E-state index in [1.165, 1.54) is 5.01 Å². The molecule has 5 nitrogen and oxygen atoms in total. The number of carbonyl (C=O) groups is 1. The highest BCUT2D eigenvalue weighted by Crippen LogP contribution is 2.20. The molecule has 18 heavy (non-hydrogen) atoms. The summed E-state index contributed by atoms with van der Waals surface area (Å²) >= 11 is 11.0. The lowest BCUT2D eigenvalue weighted by atomic mass is 10.2. The van der Waals surface area contributed by atoms with Crippen LogP contribution in [0.25, 0.3) is 0 Å². The molecule has 1 aromatic rings. The number of thiocarbonyl (C=S) groups is 1. The third-order valence-corrected chi connectivity index (χ3v) is 3.20. The first-order valence-electron chi connectivity index (χ1n) is 5.34. The van der Waals surface area contributed by atoms with Gasteiger partial charge in [-0.05, 0) is 37.3 Å². The van der Waals surface area contributed by atoms with E-state index < -0.39 is 12.0 Å². The SMILES string of the molecule is CC1NC(=S)N(Nc2cccc(Cl)c2)C1C(=O)O. The van der Waals surface area contributed by atoms with E-state index in [0.717, 1.165) is 0 Å². The number of anilines is 1. The van der Waals surface area contributed by atoms with Crippen LogP contribution in [0.1, 0.15) is 6.92 Å². The van der Waals surface area contributed by atoms with Crippen molar-refractivity contribution in [1.29, 1.82) is 0 Å². The number of hydrogen-bond acceptors (Lipinski definition) is 3. The number of carboxylic acids is 1. The zero-order valence-electron chi connectivity index (χ0n) is 9.55. The fourth-order valence-corrected chi connectivity index (χ4v) is 2.37. The molecule has 1 fully saturated rings. The number of halogens is 1. The molecule has 0 radical (unpaired) electrons. The van der Waals surface area contributed by atoms with Gasteiger partial charge in [0.1, 0.15) is 0 Å². The minimum Gasteiger partial charge on any atom is -0.480 e. The molecule has 0 saturated carbocycles. The smallest absolute Gasteiger partial charge is 0.330 e. The molecule has 3 N–H and O–H groups in total. The molecule has 2 rings (SSSR count). The first-order chi connectivity index (χ1) is 8.49. The summed E-state index contributed by atoms with van der Waals surface area (Å²) in [4.78, 5) is 11.2. The molecule has 1 aliphatic heterocycles. The Kier molecular flexibility index (Phi) is 3.58. The number of rotatable bonds is 3. The van der Waals surface area contributed by atoms with E-state index in [1.807, 2.05) is 0 Å². The van der Waals surface area contributed by atoms with Gasteiger partial charge in [0.05, 0.1) is 11.7 Å². The fourth-order valence-electron chi connectivity index (χ4n) is 1.83. The zero-order chi connectivity index (χ0) is 13.3. The largest absolute Gasteiger partial charge is 0.480 e. The molecule has 0 aromatic heterocycles. The molecule has 96 valence electrons. The predicted molar refractivity (Wildman–Crippen MR) is 73.5 cm³/mol. The van der Waals surface area contributed by atoms with Gasteiger partial charge in [-0.1, -0.05) is 17.7 Å². The van der Waals surface area contributed by atoms with Crippen molar-refractivity contribution in [3.63, 3.8) is 0 Å². The van der Waals surface area contributed by atoms with Gasteiger partial charge in [-0.2, -0.15) is 0 Å². The van der Waals surface area contributed by atoms with Gasteiger partial charge >= 0.3 is 5.97 Å². The van der Waals surface area contributed by atoms with Crippen LogP contribution < -0.4 is 10.7 Å². The zero-order valence-corrected chi connectivity index (χ0v) is 11.1. The highest BCUT2D eigenvalue weighted by atomic mass is 35.5. The normalized spacial score (nSPS) is 22.8. The van der Waals surface area contributed by atoms with E-state index in [2.05, 4.69) is 10.7 Å². The Hall–Kier alpha value is -1.53. The van der Waals surface area contributed by atoms with Crippen LogP contribution in [0.5, 0.6) is 0 Å². The van der Waals surface area contributed by atoms with Crippen molar-refractivity contribution in [2.75, 3.05) is 5.43 Å². The van der Waals surface area contributed by atoms with Crippen molar-refractivity contribution in [2.45, 2.75) is 19.0 Å². The maximum absolute atomic E-state index is 11.2. The van der Waals surface area contributed by atoms with Crippen molar-refractivity contribution in [1.82, 2.24) is 10.3 Å². The maximum Gasteiger partial charge on any atom is 0.330 e. The molecular formula is C11H12ClN3O2S. The molecule has 0 amide bonds. The number of benzene rings is 1. The number of hydrazine groups is 1. The third-order valence-electron chi connectivity index (χ3n) is 2.65. The van der Waals surface area contributed by atoms with Crippen LogP contribution in [0.15, 0.2) is 24.3 Å². The molecule has 2 atom stereocenters. The fraction of sp³-hybridized carbons (Fsp3) is 0.273. The van der Waals surface area contributed by atoms with Gasteiger partial charge in [-0.3, -0.25) is 5.43 Å². The van der Waals surface area contributed by atoms with Crippen LogP contribution in [-0.4, -0.2) is 33.3 Å². The Morgan fingerprint density at radius 3 is 2.94 bits per heavy atom. The Bertz CT molecular complexity index is 497. The van der Waals surface area contributed by atoms with Crippen molar-refractivity contribution < 1.29 is 9.90 Å². The van der Waals surface area contributed by atoms with E-state index in [9.17, 15) is 9.90 Å². The summed E-state index contributed by atoms with van der Waals surface area (Å²) in [6, 6.07) is 5.99. The van der Waals surface area contributed by atoms with Crippen molar-refractivity contribution in [3.8, 4) is 0 Å². The van der Waals surface area contributed by atoms with E-state index in [1.54, 1.807) is 31.2 Å². The summed E-state index contributed by atoms with van der Waals surface area (Å²) in [6.45, 7) is 1.77. The summed E-state index contributed by atoms with van der Waals surface area (Å²) in [7, 11) is 0.